The van der Waals surface area contributed by atoms with Gasteiger partial charge in [0, 0.05) is 6.04 Å². The Labute approximate surface area is 82.1 Å². The first-order valence-corrected chi connectivity index (χ1v) is 5.92. The molecule has 3 rings (SSSR count). The second-order valence-electron chi connectivity index (χ2n) is 5.53. The van der Waals surface area contributed by atoms with Crippen molar-refractivity contribution < 1.29 is 0 Å². The van der Waals surface area contributed by atoms with Gasteiger partial charge in [0.25, 0.3) is 0 Å². The summed E-state index contributed by atoms with van der Waals surface area (Å²) in [4.78, 5) is 0. The van der Waals surface area contributed by atoms with Crippen LogP contribution in [0, 0.1) is 23.7 Å². The Bertz CT molecular complexity index is 178. The zero-order chi connectivity index (χ0) is 9.42. The van der Waals surface area contributed by atoms with E-state index in [9.17, 15) is 0 Å². The first-order valence-electron chi connectivity index (χ1n) is 5.92. The summed E-state index contributed by atoms with van der Waals surface area (Å²) in [5, 5.41) is 0. The molecule has 3 aliphatic carbocycles. The van der Waals surface area contributed by atoms with Crippen LogP contribution in [0.1, 0.15) is 46.0 Å². The molecule has 0 spiro atoms. The van der Waals surface area contributed by atoms with Crippen LogP contribution in [-0.2, 0) is 0 Å². The summed E-state index contributed by atoms with van der Waals surface area (Å²) >= 11 is 0. The molecule has 13 heavy (non-hydrogen) atoms. The van der Waals surface area contributed by atoms with E-state index in [2.05, 4.69) is 13.8 Å². The average Bonchev–Trinajstić information content (AvgIpc) is 2.17. The van der Waals surface area contributed by atoms with Crippen LogP contribution in [0.5, 0.6) is 0 Å². The lowest BCUT2D eigenvalue weighted by Gasteiger charge is -2.43. The molecule has 2 unspecified atom stereocenters. The van der Waals surface area contributed by atoms with Gasteiger partial charge in [0.1, 0.15) is 0 Å². The predicted octanol–water partition coefficient (Wildman–Crippen LogP) is 2.80. The number of hydrogen-bond acceptors (Lipinski definition) is 1. The van der Waals surface area contributed by atoms with Crippen LogP contribution in [0.15, 0.2) is 0 Å². The molecule has 0 aromatic rings. The molecule has 0 amide bonds. The lowest BCUT2D eigenvalue weighted by atomic mass is 9.62. The molecule has 3 saturated carbocycles. The average molecular weight is 181 g/mol. The molecule has 1 heteroatoms. The van der Waals surface area contributed by atoms with Gasteiger partial charge in [-0.3, -0.25) is 0 Å². The van der Waals surface area contributed by atoms with Crippen LogP contribution in [0.4, 0.5) is 0 Å². The molecule has 0 saturated heterocycles. The molecule has 0 aliphatic heterocycles. The summed E-state index contributed by atoms with van der Waals surface area (Å²) in [6.45, 7) is 4.83. The topological polar surface area (TPSA) is 26.0 Å². The Morgan fingerprint density at radius 2 is 1.69 bits per heavy atom. The third-order valence-corrected chi connectivity index (χ3v) is 4.41. The number of rotatable bonds is 0. The standard InChI is InChI=1S/C12H23N/c1-8-5-11-7-10(9(11)2)3-4-12(13)6-8/h8-12H,3-7,13H2,1-2H3/t8-,9?,10+,11?,12-/m1/s1. The van der Waals surface area contributed by atoms with E-state index >= 15 is 0 Å². The van der Waals surface area contributed by atoms with E-state index in [1.165, 1.54) is 32.1 Å². The molecular weight excluding hydrogens is 158 g/mol. The van der Waals surface area contributed by atoms with Gasteiger partial charge in [-0.15, -0.1) is 0 Å². The van der Waals surface area contributed by atoms with Crippen molar-refractivity contribution in [2.24, 2.45) is 29.4 Å². The molecule has 1 nitrogen and oxygen atoms in total. The highest BCUT2D eigenvalue weighted by atomic mass is 14.6. The molecule has 5 atom stereocenters. The molecule has 0 aromatic heterocycles. The molecule has 0 aromatic carbocycles. The highest BCUT2D eigenvalue weighted by Gasteiger charge is 2.38. The minimum Gasteiger partial charge on any atom is -0.328 e. The third-order valence-electron chi connectivity index (χ3n) is 4.41. The van der Waals surface area contributed by atoms with Crippen LogP contribution in [0.25, 0.3) is 0 Å². The lowest BCUT2D eigenvalue weighted by molar-refractivity contribution is 0.0659. The highest BCUT2D eigenvalue weighted by molar-refractivity contribution is 4.89. The third kappa shape index (κ3) is 1.90. The van der Waals surface area contributed by atoms with Crippen LogP contribution in [0.3, 0.4) is 0 Å². The van der Waals surface area contributed by atoms with Gasteiger partial charge in [0.05, 0.1) is 0 Å². The van der Waals surface area contributed by atoms with Crippen molar-refractivity contribution in [3.8, 4) is 0 Å². The van der Waals surface area contributed by atoms with Gasteiger partial charge in [-0.05, 0) is 55.8 Å². The van der Waals surface area contributed by atoms with E-state index in [-0.39, 0.29) is 0 Å². The van der Waals surface area contributed by atoms with Crippen molar-refractivity contribution in [1.82, 2.24) is 0 Å². The normalized spacial score (nSPS) is 51.5. The van der Waals surface area contributed by atoms with Crippen molar-refractivity contribution >= 4 is 0 Å². The van der Waals surface area contributed by atoms with Gasteiger partial charge in [-0.25, -0.2) is 0 Å². The van der Waals surface area contributed by atoms with E-state index in [1.807, 2.05) is 0 Å². The first-order chi connectivity index (χ1) is 6.16. The Morgan fingerprint density at radius 1 is 0.923 bits per heavy atom. The van der Waals surface area contributed by atoms with Gasteiger partial charge in [-0.2, -0.15) is 0 Å². The zero-order valence-electron chi connectivity index (χ0n) is 9.00. The second-order valence-corrected chi connectivity index (χ2v) is 5.53. The molecule has 2 bridgehead atoms. The maximum atomic E-state index is 6.09. The number of hydrogen-bond donors (Lipinski definition) is 1. The smallest absolute Gasteiger partial charge is 0.00414 e. The first kappa shape index (κ1) is 9.51. The molecule has 2 N–H and O–H groups in total. The molecule has 0 radical (unpaired) electrons. The maximum absolute atomic E-state index is 6.09. The van der Waals surface area contributed by atoms with E-state index in [1.54, 1.807) is 0 Å². The molecule has 0 heterocycles. The Balaban J connectivity index is 1.97. The highest BCUT2D eigenvalue weighted by Crippen LogP contribution is 2.47. The summed E-state index contributed by atoms with van der Waals surface area (Å²) in [6.07, 6.45) is 6.86. The van der Waals surface area contributed by atoms with Gasteiger partial charge in [-0.1, -0.05) is 13.8 Å². The summed E-state index contributed by atoms with van der Waals surface area (Å²) in [6, 6.07) is 0.488. The molecular formula is C12H23N. The Morgan fingerprint density at radius 3 is 2.38 bits per heavy atom. The summed E-state index contributed by atoms with van der Waals surface area (Å²) in [7, 11) is 0. The summed E-state index contributed by atoms with van der Waals surface area (Å²) in [5.74, 6) is 3.90. The van der Waals surface area contributed by atoms with Gasteiger partial charge in [0.15, 0.2) is 0 Å². The SMILES string of the molecule is CC1C2C[C@@H](C)C[C@H](N)CC[C@H]1C2. The minimum absolute atomic E-state index is 0.488. The van der Waals surface area contributed by atoms with Crippen molar-refractivity contribution in [3.05, 3.63) is 0 Å². The van der Waals surface area contributed by atoms with E-state index in [4.69, 9.17) is 5.73 Å². The quantitative estimate of drug-likeness (QED) is 0.611. The molecule has 76 valence electrons. The fourth-order valence-electron chi connectivity index (χ4n) is 3.37. The molecule has 3 fully saturated rings. The van der Waals surface area contributed by atoms with E-state index in [0.717, 1.165) is 23.7 Å². The van der Waals surface area contributed by atoms with Crippen LogP contribution in [0.2, 0.25) is 0 Å². The summed E-state index contributed by atoms with van der Waals surface area (Å²) < 4.78 is 0. The summed E-state index contributed by atoms with van der Waals surface area (Å²) in [5.41, 5.74) is 6.09. The monoisotopic (exact) mass is 181 g/mol. The number of nitrogens with two attached hydrogens (primary N) is 1. The van der Waals surface area contributed by atoms with E-state index < -0.39 is 0 Å². The van der Waals surface area contributed by atoms with Crippen molar-refractivity contribution in [3.63, 3.8) is 0 Å². The van der Waals surface area contributed by atoms with Gasteiger partial charge >= 0.3 is 0 Å². The van der Waals surface area contributed by atoms with Gasteiger partial charge in [0.2, 0.25) is 0 Å². The van der Waals surface area contributed by atoms with Crippen molar-refractivity contribution in [2.45, 2.75) is 52.0 Å². The largest absolute Gasteiger partial charge is 0.328 e. The zero-order valence-corrected chi connectivity index (χ0v) is 9.00. The number of fused-ring (bicyclic) bond motifs is 5. The van der Waals surface area contributed by atoms with Crippen LogP contribution >= 0.6 is 0 Å². The van der Waals surface area contributed by atoms with Crippen LogP contribution in [-0.4, -0.2) is 6.04 Å². The lowest BCUT2D eigenvalue weighted by Crippen LogP contribution is -2.34. The second kappa shape index (κ2) is 3.61. The fourth-order valence-corrected chi connectivity index (χ4v) is 3.37. The van der Waals surface area contributed by atoms with E-state index in [0.29, 0.717) is 6.04 Å². The van der Waals surface area contributed by atoms with Crippen molar-refractivity contribution in [1.29, 1.82) is 0 Å². The Kier molecular flexibility index (Phi) is 2.64. The van der Waals surface area contributed by atoms with Crippen LogP contribution < -0.4 is 5.73 Å². The molecule has 3 aliphatic rings. The van der Waals surface area contributed by atoms with Crippen molar-refractivity contribution in [2.75, 3.05) is 0 Å². The maximum Gasteiger partial charge on any atom is 0.00414 e. The fraction of sp³-hybridized carbons (Fsp3) is 1.00. The van der Waals surface area contributed by atoms with Gasteiger partial charge < -0.3 is 5.73 Å². The predicted molar refractivity (Wildman–Crippen MR) is 56.4 cm³/mol. The minimum atomic E-state index is 0.488. The Hall–Kier alpha value is -0.0400.